The summed E-state index contributed by atoms with van der Waals surface area (Å²) in [5, 5.41) is 2.29. The van der Waals surface area contributed by atoms with E-state index >= 15 is 0 Å². The van der Waals surface area contributed by atoms with Crippen molar-refractivity contribution in [3.8, 4) is 0 Å². The first kappa shape index (κ1) is 16.8. The lowest BCUT2D eigenvalue weighted by Gasteiger charge is -2.11. The maximum atomic E-state index is 13.5. The predicted octanol–water partition coefficient (Wildman–Crippen LogP) is 1.66. The van der Waals surface area contributed by atoms with Crippen LogP contribution in [0.25, 0.3) is 0 Å². The summed E-state index contributed by atoms with van der Waals surface area (Å²) in [5.41, 5.74) is -0.743. The van der Waals surface area contributed by atoms with Gasteiger partial charge < -0.3 is 10.1 Å². The molecule has 0 aliphatic heterocycles. The summed E-state index contributed by atoms with van der Waals surface area (Å²) in [5.74, 6) is -3.89. The zero-order valence-corrected chi connectivity index (χ0v) is 12.2. The SMILES string of the molecule is COC(C)CNC(=O)c1cc(S(=O)(=O)Cl)cc(F)c1F. The average molecular weight is 328 g/mol. The van der Waals surface area contributed by atoms with Crippen molar-refractivity contribution in [1.82, 2.24) is 5.32 Å². The third-order valence-corrected chi connectivity index (χ3v) is 3.81. The fraction of sp³-hybridized carbons (Fsp3) is 0.364. The molecule has 0 bridgehead atoms. The molecule has 20 heavy (non-hydrogen) atoms. The van der Waals surface area contributed by atoms with Crippen LogP contribution in [0.5, 0.6) is 0 Å². The van der Waals surface area contributed by atoms with Gasteiger partial charge in [0, 0.05) is 24.3 Å². The fourth-order valence-corrected chi connectivity index (χ4v) is 2.06. The number of methoxy groups -OCH3 is 1. The smallest absolute Gasteiger partial charge is 0.261 e. The molecule has 0 saturated heterocycles. The number of carbonyl (C=O) groups excluding carboxylic acids is 1. The predicted molar refractivity (Wildman–Crippen MR) is 68.2 cm³/mol. The third kappa shape index (κ3) is 4.12. The molecule has 1 N–H and O–H groups in total. The zero-order chi connectivity index (χ0) is 15.5. The van der Waals surface area contributed by atoms with E-state index in [2.05, 4.69) is 5.32 Å². The largest absolute Gasteiger partial charge is 0.380 e. The minimum Gasteiger partial charge on any atom is -0.380 e. The number of hydrogen-bond donors (Lipinski definition) is 1. The second-order valence-corrected chi connectivity index (χ2v) is 6.53. The summed E-state index contributed by atoms with van der Waals surface area (Å²) in [6.45, 7) is 1.70. The number of halogens is 3. The average Bonchev–Trinajstić information content (AvgIpc) is 2.37. The minimum atomic E-state index is -4.27. The van der Waals surface area contributed by atoms with Gasteiger partial charge in [-0.3, -0.25) is 4.79 Å². The summed E-state index contributed by atoms with van der Waals surface area (Å²) < 4.78 is 53.9. The Labute approximate surface area is 119 Å². The number of ether oxygens (including phenoxy) is 1. The van der Waals surface area contributed by atoms with Crippen molar-refractivity contribution >= 4 is 25.6 Å². The summed E-state index contributed by atoms with van der Waals surface area (Å²) in [7, 11) is 2.18. The Bertz CT molecular complexity index is 621. The van der Waals surface area contributed by atoms with E-state index in [1.807, 2.05) is 0 Å². The Balaban J connectivity index is 3.11. The zero-order valence-electron chi connectivity index (χ0n) is 10.6. The summed E-state index contributed by atoms with van der Waals surface area (Å²) in [6.07, 6.45) is -0.341. The van der Waals surface area contributed by atoms with Gasteiger partial charge in [-0.05, 0) is 19.1 Å². The lowest BCUT2D eigenvalue weighted by atomic mass is 10.2. The molecule has 0 radical (unpaired) electrons. The molecule has 0 spiro atoms. The normalized spacial score (nSPS) is 13.1. The Kier molecular flexibility index (Phi) is 5.43. The second kappa shape index (κ2) is 6.47. The van der Waals surface area contributed by atoms with E-state index in [0.717, 1.165) is 0 Å². The molecule has 0 aliphatic carbocycles. The van der Waals surface area contributed by atoms with Crippen molar-refractivity contribution in [1.29, 1.82) is 0 Å². The van der Waals surface area contributed by atoms with Crippen molar-refractivity contribution in [2.45, 2.75) is 17.9 Å². The van der Waals surface area contributed by atoms with Gasteiger partial charge in [-0.25, -0.2) is 17.2 Å². The molecule has 1 aromatic rings. The number of carbonyl (C=O) groups is 1. The first-order valence-electron chi connectivity index (χ1n) is 5.41. The molecular weight excluding hydrogens is 316 g/mol. The van der Waals surface area contributed by atoms with E-state index in [4.69, 9.17) is 15.4 Å². The van der Waals surface area contributed by atoms with Gasteiger partial charge >= 0.3 is 0 Å². The van der Waals surface area contributed by atoms with Gasteiger partial charge in [-0.1, -0.05) is 0 Å². The lowest BCUT2D eigenvalue weighted by Crippen LogP contribution is -2.32. The second-order valence-electron chi connectivity index (χ2n) is 3.96. The molecule has 112 valence electrons. The number of benzene rings is 1. The van der Waals surface area contributed by atoms with Crippen LogP contribution in [-0.2, 0) is 13.8 Å². The monoisotopic (exact) mass is 327 g/mol. The van der Waals surface area contributed by atoms with Gasteiger partial charge in [-0.15, -0.1) is 0 Å². The highest BCUT2D eigenvalue weighted by Crippen LogP contribution is 2.21. The molecular formula is C11H12ClF2NO4S. The van der Waals surface area contributed by atoms with E-state index in [-0.39, 0.29) is 12.6 Å². The van der Waals surface area contributed by atoms with Crippen LogP contribution in [0.15, 0.2) is 17.0 Å². The van der Waals surface area contributed by atoms with Crippen LogP contribution in [-0.4, -0.2) is 34.1 Å². The van der Waals surface area contributed by atoms with Crippen LogP contribution >= 0.6 is 10.7 Å². The summed E-state index contributed by atoms with van der Waals surface area (Å²) in [4.78, 5) is 11.0. The van der Waals surface area contributed by atoms with E-state index in [0.29, 0.717) is 12.1 Å². The van der Waals surface area contributed by atoms with Crippen molar-refractivity contribution in [3.05, 3.63) is 29.3 Å². The fourth-order valence-electron chi connectivity index (χ4n) is 1.29. The Morgan fingerprint density at radius 1 is 1.45 bits per heavy atom. The van der Waals surface area contributed by atoms with Gasteiger partial charge in [0.1, 0.15) is 0 Å². The van der Waals surface area contributed by atoms with Crippen molar-refractivity contribution in [2.75, 3.05) is 13.7 Å². The molecule has 0 saturated carbocycles. The maximum Gasteiger partial charge on any atom is 0.261 e. The first-order valence-corrected chi connectivity index (χ1v) is 7.72. The van der Waals surface area contributed by atoms with Gasteiger partial charge in [-0.2, -0.15) is 0 Å². The number of nitrogens with one attached hydrogen (secondary N) is 1. The topological polar surface area (TPSA) is 72.5 Å². The van der Waals surface area contributed by atoms with Gasteiger partial charge in [0.15, 0.2) is 11.6 Å². The lowest BCUT2D eigenvalue weighted by molar-refractivity contribution is 0.0865. The summed E-state index contributed by atoms with van der Waals surface area (Å²) >= 11 is 0. The molecule has 0 aliphatic rings. The van der Waals surface area contributed by atoms with Crippen molar-refractivity contribution < 1.29 is 26.7 Å². The Morgan fingerprint density at radius 3 is 2.55 bits per heavy atom. The maximum absolute atomic E-state index is 13.5. The number of hydrogen-bond acceptors (Lipinski definition) is 4. The quantitative estimate of drug-likeness (QED) is 0.835. The summed E-state index contributed by atoms with van der Waals surface area (Å²) in [6, 6.07) is 1.08. The van der Waals surface area contributed by atoms with E-state index in [9.17, 15) is 22.0 Å². The minimum absolute atomic E-state index is 0.0498. The molecule has 1 unspecified atom stereocenters. The van der Waals surface area contributed by atoms with Crippen molar-refractivity contribution in [2.24, 2.45) is 0 Å². The molecule has 0 aromatic heterocycles. The highest BCUT2D eigenvalue weighted by molar-refractivity contribution is 8.13. The standard InChI is InChI=1S/C11H12ClF2NO4S/c1-6(19-2)5-15-11(16)8-3-7(20(12,17)18)4-9(13)10(8)14/h3-4,6H,5H2,1-2H3,(H,15,16). The highest BCUT2D eigenvalue weighted by Gasteiger charge is 2.22. The Morgan fingerprint density at radius 2 is 2.05 bits per heavy atom. The molecule has 9 heteroatoms. The molecule has 1 rings (SSSR count). The third-order valence-electron chi connectivity index (χ3n) is 2.48. The van der Waals surface area contributed by atoms with E-state index in [1.165, 1.54) is 7.11 Å². The van der Waals surface area contributed by atoms with Crippen LogP contribution in [0.4, 0.5) is 8.78 Å². The van der Waals surface area contributed by atoms with Gasteiger partial charge in [0.25, 0.3) is 15.0 Å². The first-order chi connectivity index (χ1) is 9.16. The number of rotatable bonds is 5. The molecule has 1 amide bonds. The van der Waals surface area contributed by atoms with E-state index in [1.54, 1.807) is 6.92 Å². The van der Waals surface area contributed by atoms with Crippen LogP contribution in [0.1, 0.15) is 17.3 Å². The van der Waals surface area contributed by atoms with Crippen molar-refractivity contribution in [3.63, 3.8) is 0 Å². The van der Waals surface area contributed by atoms with Crippen LogP contribution in [0.3, 0.4) is 0 Å². The van der Waals surface area contributed by atoms with Crippen LogP contribution in [0, 0.1) is 11.6 Å². The van der Waals surface area contributed by atoms with E-state index < -0.39 is 37.1 Å². The molecule has 5 nitrogen and oxygen atoms in total. The van der Waals surface area contributed by atoms with Crippen LogP contribution < -0.4 is 5.32 Å². The highest BCUT2D eigenvalue weighted by atomic mass is 35.7. The Hall–Kier alpha value is -1.25. The molecule has 1 atom stereocenters. The van der Waals surface area contributed by atoms with Gasteiger partial charge in [0.2, 0.25) is 0 Å². The molecule has 0 heterocycles. The van der Waals surface area contributed by atoms with Gasteiger partial charge in [0.05, 0.1) is 16.6 Å². The number of amides is 1. The molecule has 1 aromatic carbocycles. The molecule has 0 fully saturated rings. The van der Waals surface area contributed by atoms with Crippen LogP contribution in [0.2, 0.25) is 0 Å².